The summed E-state index contributed by atoms with van der Waals surface area (Å²) in [5, 5.41) is 0.763. The highest BCUT2D eigenvalue weighted by Crippen LogP contribution is 2.28. The van der Waals surface area contributed by atoms with E-state index in [1.165, 1.54) is 0 Å². The molecule has 0 bridgehead atoms. The van der Waals surface area contributed by atoms with Crippen LogP contribution in [0.25, 0.3) is 0 Å². The van der Waals surface area contributed by atoms with Gasteiger partial charge in [-0.1, -0.05) is 32.4 Å². The Morgan fingerprint density at radius 1 is 1.35 bits per heavy atom. The Kier molecular flexibility index (Phi) is 7.08. The molecule has 0 spiro atoms. The molecule has 0 saturated carbocycles. The first kappa shape index (κ1) is 17.0. The molecule has 112 valence electrons. The van der Waals surface area contributed by atoms with Crippen LogP contribution in [0.2, 0.25) is 5.02 Å². The molecule has 0 aliphatic heterocycles. The van der Waals surface area contributed by atoms with E-state index < -0.39 is 0 Å². The van der Waals surface area contributed by atoms with Gasteiger partial charge in [-0.25, -0.2) is 0 Å². The fourth-order valence-electron chi connectivity index (χ4n) is 1.98. The van der Waals surface area contributed by atoms with Gasteiger partial charge < -0.3 is 4.74 Å². The van der Waals surface area contributed by atoms with Gasteiger partial charge in [0, 0.05) is 17.4 Å². The van der Waals surface area contributed by atoms with Gasteiger partial charge in [0.15, 0.2) is 0 Å². The van der Waals surface area contributed by atoms with E-state index in [1.807, 2.05) is 32.9 Å². The number of benzene rings is 1. The van der Waals surface area contributed by atoms with Crippen LogP contribution in [-0.4, -0.2) is 12.4 Å². The molecule has 3 heteroatoms. The Morgan fingerprint density at radius 2 is 2.05 bits per heavy atom. The van der Waals surface area contributed by atoms with Gasteiger partial charge in [-0.3, -0.25) is 4.79 Å². The van der Waals surface area contributed by atoms with Crippen molar-refractivity contribution in [2.45, 2.75) is 53.4 Å². The van der Waals surface area contributed by atoms with Crippen molar-refractivity contribution < 1.29 is 9.53 Å². The van der Waals surface area contributed by atoms with Crippen molar-refractivity contribution in [1.29, 1.82) is 0 Å². The summed E-state index contributed by atoms with van der Waals surface area (Å²) in [6, 6.07) is 3.97. The maximum atomic E-state index is 11.7. The average Bonchev–Trinajstić information content (AvgIpc) is 2.40. The van der Waals surface area contributed by atoms with Gasteiger partial charge >= 0.3 is 0 Å². The van der Waals surface area contributed by atoms with Crippen molar-refractivity contribution in [3.63, 3.8) is 0 Å². The maximum absolute atomic E-state index is 11.7. The molecule has 2 nitrogen and oxygen atoms in total. The first-order chi connectivity index (χ1) is 9.45. The minimum atomic E-state index is 0.118. The Labute approximate surface area is 127 Å². The molecule has 1 rings (SSSR count). The van der Waals surface area contributed by atoms with E-state index in [0.717, 1.165) is 41.2 Å². The van der Waals surface area contributed by atoms with Crippen LogP contribution in [-0.2, 0) is 11.2 Å². The second kappa shape index (κ2) is 8.31. The molecule has 1 aromatic rings. The Bertz CT molecular complexity index is 453. The summed E-state index contributed by atoms with van der Waals surface area (Å²) in [5.74, 6) is 1.34. The van der Waals surface area contributed by atoms with Gasteiger partial charge in [0.1, 0.15) is 11.5 Å². The molecule has 0 heterocycles. The van der Waals surface area contributed by atoms with Crippen LogP contribution in [0, 0.1) is 12.8 Å². The van der Waals surface area contributed by atoms with E-state index in [-0.39, 0.29) is 5.92 Å². The molecule has 0 aliphatic rings. The van der Waals surface area contributed by atoms with E-state index in [9.17, 15) is 4.79 Å². The molecule has 1 aromatic carbocycles. The van der Waals surface area contributed by atoms with Gasteiger partial charge in [-0.2, -0.15) is 0 Å². The van der Waals surface area contributed by atoms with E-state index in [0.29, 0.717) is 18.8 Å². The molecule has 0 aromatic heterocycles. The number of hydrogen-bond donors (Lipinski definition) is 0. The zero-order valence-electron chi connectivity index (χ0n) is 13.0. The summed E-state index contributed by atoms with van der Waals surface area (Å²) in [7, 11) is 0. The number of Topliss-reactive ketones (excluding diaryl/α,β-unsaturated/α-hetero) is 1. The van der Waals surface area contributed by atoms with Crippen molar-refractivity contribution in [1.82, 2.24) is 0 Å². The Morgan fingerprint density at radius 3 is 2.65 bits per heavy atom. The zero-order chi connectivity index (χ0) is 15.1. The Balaban J connectivity index is 2.71. The van der Waals surface area contributed by atoms with E-state index in [2.05, 4.69) is 6.92 Å². The number of aryl methyl sites for hydroxylation is 2. The molecule has 0 amide bonds. The van der Waals surface area contributed by atoms with Crippen LogP contribution in [0.5, 0.6) is 5.75 Å². The largest absolute Gasteiger partial charge is 0.493 e. The summed E-state index contributed by atoms with van der Waals surface area (Å²) in [6.07, 6.45) is 3.28. The third-order valence-corrected chi connectivity index (χ3v) is 3.72. The molecular formula is C17H25ClO2. The second-order valence-electron chi connectivity index (χ2n) is 5.53. The first-order valence-electron chi connectivity index (χ1n) is 7.40. The van der Waals surface area contributed by atoms with Crippen LogP contribution < -0.4 is 4.74 Å². The lowest BCUT2D eigenvalue weighted by Crippen LogP contribution is -2.07. The predicted octanol–water partition coefficient (Wildman–Crippen LogP) is 4.99. The average molecular weight is 297 g/mol. The van der Waals surface area contributed by atoms with Crippen molar-refractivity contribution in [2.75, 3.05) is 6.61 Å². The summed E-state index contributed by atoms with van der Waals surface area (Å²) in [6.45, 7) is 8.66. The third-order valence-electron chi connectivity index (χ3n) is 3.32. The summed E-state index contributed by atoms with van der Waals surface area (Å²) < 4.78 is 5.78. The van der Waals surface area contributed by atoms with Gasteiger partial charge in [0.05, 0.1) is 6.61 Å². The number of hydrogen-bond acceptors (Lipinski definition) is 2. The van der Waals surface area contributed by atoms with Crippen LogP contribution in [0.4, 0.5) is 0 Å². The van der Waals surface area contributed by atoms with Gasteiger partial charge in [0.25, 0.3) is 0 Å². The minimum absolute atomic E-state index is 0.118. The highest BCUT2D eigenvalue weighted by Gasteiger charge is 2.10. The number of ketones is 1. The number of rotatable bonds is 8. The van der Waals surface area contributed by atoms with Crippen molar-refractivity contribution >= 4 is 17.4 Å². The minimum Gasteiger partial charge on any atom is -0.493 e. The van der Waals surface area contributed by atoms with Gasteiger partial charge in [-0.05, 0) is 49.4 Å². The first-order valence-corrected chi connectivity index (χ1v) is 7.78. The fraction of sp³-hybridized carbons (Fsp3) is 0.588. The number of halogens is 1. The topological polar surface area (TPSA) is 26.3 Å². The molecule has 0 aliphatic carbocycles. The normalized spacial score (nSPS) is 10.9. The standard InChI is InChI=1S/C17H25ClO2/c1-5-9-20-17-10-13(4)15(18)11-14(17)7-6-8-16(19)12(2)3/h10-12H,5-9H2,1-4H3. The van der Waals surface area contributed by atoms with Crippen LogP contribution in [0.15, 0.2) is 12.1 Å². The van der Waals surface area contributed by atoms with Crippen molar-refractivity contribution in [3.05, 3.63) is 28.3 Å². The maximum Gasteiger partial charge on any atom is 0.135 e. The highest BCUT2D eigenvalue weighted by molar-refractivity contribution is 6.31. The molecular weight excluding hydrogens is 272 g/mol. The van der Waals surface area contributed by atoms with Crippen LogP contribution >= 0.6 is 11.6 Å². The summed E-state index contributed by atoms with van der Waals surface area (Å²) in [4.78, 5) is 11.7. The smallest absolute Gasteiger partial charge is 0.135 e. The number of carbonyl (C=O) groups is 1. The molecule has 0 N–H and O–H groups in total. The number of carbonyl (C=O) groups excluding carboxylic acids is 1. The van der Waals surface area contributed by atoms with E-state index in [1.54, 1.807) is 0 Å². The molecule has 0 fully saturated rings. The summed E-state index contributed by atoms with van der Waals surface area (Å²) in [5.41, 5.74) is 2.13. The second-order valence-corrected chi connectivity index (χ2v) is 5.94. The van der Waals surface area contributed by atoms with Crippen LogP contribution in [0.1, 0.15) is 51.2 Å². The molecule has 20 heavy (non-hydrogen) atoms. The van der Waals surface area contributed by atoms with Gasteiger partial charge in [0.2, 0.25) is 0 Å². The quantitative estimate of drug-likeness (QED) is 0.676. The Hall–Kier alpha value is -1.02. The molecule has 0 atom stereocenters. The van der Waals surface area contributed by atoms with Crippen molar-refractivity contribution in [3.8, 4) is 5.75 Å². The lowest BCUT2D eigenvalue weighted by Gasteiger charge is -2.13. The SMILES string of the molecule is CCCOc1cc(C)c(Cl)cc1CCCC(=O)C(C)C. The molecule has 0 radical (unpaired) electrons. The monoisotopic (exact) mass is 296 g/mol. The lowest BCUT2D eigenvalue weighted by atomic mass is 10.00. The third kappa shape index (κ3) is 5.16. The zero-order valence-corrected chi connectivity index (χ0v) is 13.7. The van der Waals surface area contributed by atoms with E-state index in [4.69, 9.17) is 16.3 Å². The highest BCUT2D eigenvalue weighted by atomic mass is 35.5. The van der Waals surface area contributed by atoms with Gasteiger partial charge in [-0.15, -0.1) is 0 Å². The van der Waals surface area contributed by atoms with Crippen LogP contribution in [0.3, 0.4) is 0 Å². The predicted molar refractivity (Wildman–Crippen MR) is 84.8 cm³/mol. The van der Waals surface area contributed by atoms with E-state index >= 15 is 0 Å². The summed E-state index contributed by atoms with van der Waals surface area (Å²) >= 11 is 6.19. The van der Waals surface area contributed by atoms with Crippen molar-refractivity contribution in [2.24, 2.45) is 5.92 Å². The molecule has 0 saturated heterocycles. The lowest BCUT2D eigenvalue weighted by molar-refractivity contribution is -0.121. The molecule has 0 unspecified atom stereocenters. The fourth-order valence-corrected chi connectivity index (χ4v) is 2.17. The number of ether oxygens (including phenoxy) is 1.